The summed E-state index contributed by atoms with van der Waals surface area (Å²) in [5.41, 5.74) is 5.65. The summed E-state index contributed by atoms with van der Waals surface area (Å²) >= 11 is 0. The Morgan fingerprint density at radius 1 is 1.32 bits per heavy atom. The standard InChI is InChI=1S/C14H20N2O2S/c1-14(2,11-15)8-3-4-9-19(17,18)13-7-5-6-12(16)10-13/h5-7,10H,3-4,8-9,16H2,1-2H3. The van der Waals surface area contributed by atoms with E-state index in [-0.39, 0.29) is 16.1 Å². The highest BCUT2D eigenvalue weighted by Crippen LogP contribution is 2.23. The average Bonchev–Trinajstić information content (AvgIpc) is 2.35. The quantitative estimate of drug-likeness (QED) is 0.641. The van der Waals surface area contributed by atoms with Gasteiger partial charge in [0.2, 0.25) is 0 Å². The molecule has 0 atom stereocenters. The van der Waals surface area contributed by atoms with Crippen molar-refractivity contribution in [3.63, 3.8) is 0 Å². The van der Waals surface area contributed by atoms with Gasteiger partial charge in [0.15, 0.2) is 9.84 Å². The van der Waals surface area contributed by atoms with Crippen molar-refractivity contribution in [1.82, 2.24) is 0 Å². The van der Waals surface area contributed by atoms with Crippen LogP contribution in [0.3, 0.4) is 0 Å². The van der Waals surface area contributed by atoms with Crippen molar-refractivity contribution in [1.29, 1.82) is 5.26 Å². The van der Waals surface area contributed by atoms with E-state index >= 15 is 0 Å². The van der Waals surface area contributed by atoms with Gasteiger partial charge in [-0.25, -0.2) is 8.42 Å². The van der Waals surface area contributed by atoms with Crippen LogP contribution in [0.2, 0.25) is 0 Å². The zero-order chi connectivity index (χ0) is 14.5. The van der Waals surface area contributed by atoms with Crippen LogP contribution in [0.5, 0.6) is 0 Å². The Bertz CT molecular complexity index is 571. The van der Waals surface area contributed by atoms with Gasteiger partial charge in [0.25, 0.3) is 0 Å². The predicted molar refractivity (Wildman–Crippen MR) is 76.2 cm³/mol. The molecule has 0 spiro atoms. The summed E-state index contributed by atoms with van der Waals surface area (Å²) in [6.45, 7) is 3.72. The Hall–Kier alpha value is -1.54. The second-order valence-corrected chi connectivity index (χ2v) is 7.45. The number of nitrogen functional groups attached to an aromatic ring is 1. The van der Waals surface area contributed by atoms with Crippen LogP contribution in [0.4, 0.5) is 5.69 Å². The Labute approximate surface area is 115 Å². The number of anilines is 1. The van der Waals surface area contributed by atoms with Crippen molar-refractivity contribution in [2.75, 3.05) is 11.5 Å². The second-order valence-electron chi connectivity index (χ2n) is 5.34. The van der Waals surface area contributed by atoms with Crippen LogP contribution in [0.1, 0.15) is 33.1 Å². The summed E-state index contributed by atoms with van der Waals surface area (Å²) in [6.07, 6.45) is 1.99. The molecule has 1 rings (SSSR count). The minimum atomic E-state index is -3.27. The molecule has 1 aromatic carbocycles. The third-order valence-electron chi connectivity index (χ3n) is 2.98. The molecule has 0 saturated carbocycles. The lowest BCUT2D eigenvalue weighted by atomic mass is 9.89. The summed E-state index contributed by atoms with van der Waals surface area (Å²) in [4.78, 5) is 0.270. The Morgan fingerprint density at radius 2 is 2.00 bits per heavy atom. The molecule has 0 amide bonds. The molecule has 4 nitrogen and oxygen atoms in total. The van der Waals surface area contributed by atoms with Crippen LogP contribution >= 0.6 is 0 Å². The predicted octanol–water partition coefficient (Wildman–Crippen LogP) is 2.76. The van der Waals surface area contributed by atoms with Gasteiger partial charge in [-0.15, -0.1) is 0 Å². The van der Waals surface area contributed by atoms with Gasteiger partial charge in [0.1, 0.15) is 0 Å². The first kappa shape index (κ1) is 15.5. The molecule has 0 aliphatic carbocycles. The SMILES string of the molecule is CC(C)(C#N)CCCCS(=O)(=O)c1cccc(N)c1. The first-order valence-electron chi connectivity index (χ1n) is 6.26. The summed E-state index contributed by atoms with van der Waals surface area (Å²) in [7, 11) is -3.27. The van der Waals surface area contributed by atoms with Crippen LogP contribution in [0, 0.1) is 16.7 Å². The summed E-state index contributed by atoms with van der Waals surface area (Å²) in [5.74, 6) is 0.0952. The topological polar surface area (TPSA) is 84.0 Å². The number of nitrogens with zero attached hydrogens (tertiary/aromatic N) is 1. The normalized spacial score (nSPS) is 12.1. The summed E-state index contributed by atoms with van der Waals surface area (Å²) < 4.78 is 24.1. The van der Waals surface area contributed by atoms with E-state index in [1.165, 1.54) is 6.07 Å². The third-order valence-corrected chi connectivity index (χ3v) is 4.78. The largest absolute Gasteiger partial charge is 0.399 e. The van der Waals surface area contributed by atoms with Gasteiger partial charge in [0.05, 0.1) is 22.1 Å². The molecule has 5 heteroatoms. The summed E-state index contributed by atoms with van der Waals surface area (Å²) in [5, 5.41) is 8.88. The molecule has 0 aliphatic rings. The van der Waals surface area contributed by atoms with Crippen molar-refractivity contribution in [2.24, 2.45) is 5.41 Å². The van der Waals surface area contributed by atoms with Crippen molar-refractivity contribution in [3.8, 4) is 6.07 Å². The molecule has 1 aromatic rings. The van der Waals surface area contributed by atoms with Gasteiger partial charge < -0.3 is 5.73 Å². The molecular formula is C14H20N2O2S. The van der Waals surface area contributed by atoms with Gasteiger partial charge >= 0.3 is 0 Å². The number of hydrogen-bond donors (Lipinski definition) is 1. The van der Waals surface area contributed by atoms with Crippen molar-refractivity contribution in [3.05, 3.63) is 24.3 Å². The fraction of sp³-hybridized carbons (Fsp3) is 0.500. The minimum absolute atomic E-state index is 0.0952. The lowest BCUT2D eigenvalue weighted by Crippen LogP contribution is -2.10. The molecule has 0 saturated heterocycles. The fourth-order valence-corrected chi connectivity index (χ4v) is 3.16. The number of unbranched alkanes of at least 4 members (excludes halogenated alkanes) is 1. The highest BCUT2D eigenvalue weighted by atomic mass is 32.2. The van der Waals surface area contributed by atoms with Crippen molar-refractivity contribution >= 4 is 15.5 Å². The molecule has 0 radical (unpaired) electrons. The van der Waals surface area contributed by atoms with Crippen LogP contribution in [0.15, 0.2) is 29.2 Å². The average molecular weight is 280 g/mol. The van der Waals surface area contributed by atoms with Crippen LogP contribution in [-0.4, -0.2) is 14.2 Å². The third kappa shape index (κ3) is 4.92. The molecule has 0 unspecified atom stereocenters. The molecule has 2 N–H and O–H groups in total. The van der Waals surface area contributed by atoms with E-state index in [1.54, 1.807) is 18.2 Å². The molecule has 0 fully saturated rings. The lowest BCUT2D eigenvalue weighted by molar-refractivity contribution is 0.431. The zero-order valence-corrected chi connectivity index (χ0v) is 12.2. The lowest BCUT2D eigenvalue weighted by Gasteiger charge is -2.14. The number of nitrogens with two attached hydrogens (primary N) is 1. The maximum absolute atomic E-state index is 12.1. The highest BCUT2D eigenvalue weighted by molar-refractivity contribution is 7.91. The molecule has 0 aliphatic heterocycles. The maximum Gasteiger partial charge on any atom is 0.178 e. The molecule has 19 heavy (non-hydrogen) atoms. The second kappa shape index (κ2) is 6.07. The van der Waals surface area contributed by atoms with Crippen LogP contribution in [0.25, 0.3) is 0 Å². The van der Waals surface area contributed by atoms with Crippen molar-refractivity contribution < 1.29 is 8.42 Å². The van der Waals surface area contributed by atoms with Crippen LogP contribution < -0.4 is 5.73 Å². The van der Waals surface area contributed by atoms with Gasteiger partial charge in [-0.3, -0.25) is 0 Å². The Balaban J connectivity index is 2.56. The van der Waals surface area contributed by atoms with Crippen LogP contribution in [-0.2, 0) is 9.84 Å². The first-order valence-corrected chi connectivity index (χ1v) is 7.92. The molecule has 104 valence electrons. The number of sulfone groups is 1. The smallest absolute Gasteiger partial charge is 0.178 e. The Morgan fingerprint density at radius 3 is 2.58 bits per heavy atom. The monoisotopic (exact) mass is 280 g/mol. The highest BCUT2D eigenvalue weighted by Gasteiger charge is 2.18. The number of nitriles is 1. The van der Waals surface area contributed by atoms with Crippen molar-refractivity contribution in [2.45, 2.75) is 38.0 Å². The maximum atomic E-state index is 12.1. The molecular weight excluding hydrogens is 260 g/mol. The van der Waals surface area contributed by atoms with Gasteiger partial charge in [-0.1, -0.05) is 12.5 Å². The molecule has 0 bridgehead atoms. The molecule has 0 aromatic heterocycles. The van der Waals surface area contributed by atoms with E-state index in [0.717, 1.165) is 6.42 Å². The minimum Gasteiger partial charge on any atom is -0.399 e. The fourth-order valence-electron chi connectivity index (χ4n) is 1.74. The zero-order valence-electron chi connectivity index (χ0n) is 11.4. The van der Waals surface area contributed by atoms with E-state index in [4.69, 9.17) is 11.0 Å². The number of benzene rings is 1. The van der Waals surface area contributed by atoms with Gasteiger partial charge in [0, 0.05) is 5.69 Å². The van der Waals surface area contributed by atoms with Gasteiger partial charge in [-0.05, 0) is 44.9 Å². The first-order chi connectivity index (χ1) is 8.77. The van der Waals surface area contributed by atoms with E-state index in [9.17, 15) is 8.42 Å². The van der Waals surface area contributed by atoms with E-state index in [2.05, 4.69) is 6.07 Å². The summed E-state index contributed by atoms with van der Waals surface area (Å²) in [6, 6.07) is 8.55. The number of hydrogen-bond acceptors (Lipinski definition) is 4. The molecule has 0 heterocycles. The number of rotatable bonds is 6. The van der Waals surface area contributed by atoms with E-state index < -0.39 is 9.84 Å². The Kier molecular flexibility index (Phi) is 4.96. The van der Waals surface area contributed by atoms with E-state index in [0.29, 0.717) is 18.5 Å². The van der Waals surface area contributed by atoms with Gasteiger partial charge in [-0.2, -0.15) is 5.26 Å². The van der Waals surface area contributed by atoms with E-state index in [1.807, 2.05) is 13.8 Å².